The first kappa shape index (κ1) is 14.3. The summed E-state index contributed by atoms with van der Waals surface area (Å²) >= 11 is 0. The highest BCUT2D eigenvalue weighted by Crippen LogP contribution is 2.21. The largest absolute Gasteiger partial charge is 0.373 e. The Morgan fingerprint density at radius 3 is 2.74 bits per heavy atom. The van der Waals surface area contributed by atoms with Gasteiger partial charge in [0.25, 0.3) is 0 Å². The van der Waals surface area contributed by atoms with Crippen LogP contribution in [0.15, 0.2) is 18.2 Å². The van der Waals surface area contributed by atoms with Crippen LogP contribution in [0.1, 0.15) is 18.4 Å². The Labute approximate surface area is 115 Å². The number of hydrogen-bond donors (Lipinski definition) is 1. The summed E-state index contributed by atoms with van der Waals surface area (Å²) in [6.45, 7) is 5.04. The van der Waals surface area contributed by atoms with Crippen molar-refractivity contribution in [3.05, 3.63) is 29.6 Å². The molecule has 0 saturated carbocycles. The van der Waals surface area contributed by atoms with Crippen molar-refractivity contribution in [2.45, 2.75) is 19.3 Å². The summed E-state index contributed by atoms with van der Waals surface area (Å²) in [6.07, 6.45) is 3.36. The fraction of sp³-hybridized carbons (Fsp3) is 0.600. The van der Waals surface area contributed by atoms with Gasteiger partial charge < -0.3 is 15.5 Å². The number of likely N-dealkylation sites (tertiary alicyclic amines) is 1. The van der Waals surface area contributed by atoms with Crippen LogP contribution in [0.4, 0.5) is 10.1 Å². The highest BCUT2D eigenvalue weighted by molar-refractivity contribution is 5.53. The van der Waals surface area contributed by atoms with Gasteiger partial charge in [-0.25, -0.2) is 4.39 Å². The fourth-order valence-electron chi connectivity index (χ4n) is 2.70. The number of anilines is 1. The first-order chi connectivity index (χ1) is 9.20. The monoisotopic (exact) mass is 265 g/mol. The molecule has 2 N–H and O–H groups in total. The Morgan fingerprint density at radius 1 is 1.32 bits per heavy atom. The van der Waals surface area contributed by atoms with Crippen LogP contribution in [0.25, 0.3) is 0 Å². The normalized spacial score (nSPS) is 15.9. The van der Waals surface area contributed by atoms with E-state index in [1.54, 1.807) is 6.07 Å². The third-order valence-electron chi connectivity index (χ3n) is 3.82. The molecule has 1 aromatic rings. The molecule has 0 aliphatic carbocycles. The van der Waals surface area contributed by atoms with E-state index in [0.29, 0.717) is 6.54 Å². The molecule has 1 heterocycles. The average molecular weight is 265 g/mol. The lowest BCUT2D eigenvalue weighted by atomic mass is 10.1. The van der Waals surface area contributed by atoms with E-state index >= 15 is 0 Å². The zero-order valence-electron chi connectivity index (χ0n) is 11.7. The lowest BCUT2D eigenvalue weighted by molar-refractivity contribution is 0.346. The van der Waals surface area contributed by atoms with Gasteiger partial charge in [0.1, 0.15) is 5.82 Å². The molecule has 0 spiro atoms. The zero-order chi connectivity index (χ0) is 13.7. The molecule has 106 valence electrons. The molecule has 0 unspecified atom stereocenters. The highest BCUT2D eigenvalue weighted by atomic mass is 19.1. The van der Waals surface area contributed by atoms with Crippen LogP contribution in [0.2, 0.25) is 0 Å². The Morgan fingerprint density at radius 2 is 2.05 bits per heavy atom. The van der Waals surface area contributed by atoms with E-state index in [4.69, 9.17) is 5.73 Å². The maximum Gasteiger partial charge on any atom is 0.123 e. The predicted molar refractivity (Wildman–Crippen MR) is 78.1 cm³/mol. The van der Waals surface area contributed by atoms with E-state index < -0.39 is 0 Å². The maximum absolute atomic E-state index is 13.3. The molecule has 0 atom stereocenters. The number of halogens is 1. The summed E-state index contributed by atoms with van der Waals surface area (Å²) in [5.74, 6) is -0.180. The van der Waals surface area contributed by atoms with Crippen LogP contribution in [0.5, 0.6) is 0 Å². The van der Waals surface area contributed by atoms with Gasteiger partial charge in [0, 0.05) is 25.8 Å². The molecule has 2 rings (SSSR count). The Bertz CT molecular complexity index is 402. The highest BCUT2D eigenvalue weighted by Gasteiger charge is 2.13. The van der Waals surface area contributed by atoms with Crippen molar-refractivity contribution in [1.82, 2.24) is 4.90 Å². The first-order valence-corrected chi connectivity index (χ1v) is 7.12. The molecule has 1 aromatic carbocycles. The summed E-state index contributed by atoms with van der Waals surface area (Å²) in [5, 5.41) is 0. The van der Waals surface area contributed by atoms with Gasteiger partial charge in [0.2, 0.25) is 0 Å². The second-order valence-corrected chi connectivity index (χ2v) is 5.28. The molecule has 0 aromatic heterocycles. The summed E-state index contributed by atoms with van der Waals surface area (Å²) in [6, 6.07) is 5.00. The van der Waals surface area contributed by atoms with Gasteiger partial charge in [-0.2, -0.15) is 0 Å². The topological polar surface area (TPSA) is 32.5 Å². The number of benzene rings is 1. The lowest BCUT2D eigenvalue weighted by Crippen LogP contribution is -2.32. The van der Waals surface area contributed by atoms with Gasteiger partial charge in [-0.15, -0.1) is 0 Å². The molecule has 1 saturated heterocycles. The van der Waals surface area contributed by atoms with Crippen molar-refractivity contribution >= 4 is 5.69 Å². The lowest BCUT2D eigenvalue weighted by Gasteiger charge is -2.25. The summed E-state index contributed by atoms with van der Waals surface area (Å²) in [5.41, 5.74) is 7.71. The Hall–Kier alpha value is -1.13. The van der Waals surface area contributed by atoms with E-state index in [0.717, 1.165) is 30.8 Å². The predicted octanol–water partition coefficient (Wildman–Crippen LogP) is 1.86. The molecule has 3 nitrogen and oxygen atoms in total. The van der Waals surface area contributed by atoms with Crippen LogP contribution in [0.3, 0.4) is 0 Å². The second kappa shape index (κ2) is 6.87. The fourth-order valence-corrected chi connectivity index (χ4v) is 2.70. The minimum atomic E-state index is -0.180. The van der Waals surface area contributed by atoms with Gasteiger partial charge >= 0.3 is 0 Å². The van der Waals surface area contributed by atoms with E-state index in [1.807, 2.05) is 6.07 Å². The van der Waals surface area contributed by atoms with Crippen LogP contribution in [-0.2, 0) is 6.42 Å². The maximum atomic E-state index is 13.3. The molecule has 1 fully saturated rings. The Balaban J connectivity index is 1.98. The number of rotatable bonds is 6. The zero-order valence-corrected chi connectivity index (χ0v) is 11.7. The number of hydrogen-bond acceptors (Lipinski definition) is 3. The van der Waals surface area contributed by atoms with E-state index in [2.05, 4.69) is 16.8 Å². The molecule has 19 heavy (non-hydrogen) atoms. The molecular formula is C15H24FN3. The van der Waals surface area contributed by atoms with Gasteiger partial charge in [0.05, 0.1) is 0 Å². The minimum Gasteiger partial charge on any atom is -0.373 e. The van der Waals surface area contributed by atoms with E-state index in [-0.39, 0.29) is 5.82 Å². The third kappa shape index (κ3) is 3.91. The summed E-state index contributed by atoms with van der Waals surface area (Å²) in [4.78, 5) is 4.70. The van der Waals surface area contributed by atoms with E-state index in [1.165, 1.54) is 32.0 Å². The van der Waals surface area contributed by atoms with Crippen molar-refractivity contribution < 1.29 is 4.39 Å². The number of nitrogens with two attached hydrogens (primary N) is 1. The van der Waals surface area contributed by atoms with E-state index in [9.17, 15) is 4.39 Å². The van der Waals surface area contributed by atoms with Gasteiger partial charge in [-0.1, -0.05) is 0 Å². The second-order valence-electron chi connectivity index (χ2n) is 5.28. The number of likely N-dealkylation sites (N-methyl/N-ethyl adjacent to an activating group) is 1. The van der Waals surface area contributed by atoms with Crippen molar-refractivity contribution in [3.8, 4) is 0 Å². The average Bonchev–Trinajstić information content (AvgIpc) is 2.90. The molecule has 0 radical (unpaired) electrons. The van der Waals surface area contributed by atoms with Crippen LogP contribution >= 0.6 is 0 Å². The Kier molecular flexibility index (Phi) is 5.16. The van der Waals surface area contributed by atoms with Crippen LogP contribution in [-0.4, -0.2) is 44.7 Å². The van der Waals surface area contributed by atoms with Crippen LogP contribution in [0, 0.1) is 5.82 Å². The van der Waals surface area contributed by atoms with Gasteiger partial charge in [-0.3, -0.25) is 0 Å². The first-order valence-electron chi connectivity index (χ1n) is 7.12. The van der Waals surface area contributed by atoms with Crippen molar-refractivity contribution in [2.24, 2.45) is 5.73 Å². The van der Waals surface area contributed by atoms with Gasteiger partial charge in [0.15, 0.2) is 0 Å². The molecule has 4 heteroatoms. The summed E-state index contributed by atoms with van der Waals surface area (Å²) in [7, 11) is 2.07. The molecular weight excluding hydrogens is 241 g/mol. The third-order valence-corrected chi connectivity index (χ3v) is 3.82. The van der Waals surface area contributed by atoms with Crippen LogP contribution < -0.4 is 10.6 Å². The summed E-state index contributed by atoms with van der Waals surface area (Å²) < 4.78 is 13.3. The van der Waals surface area contributed by atoms with Gasteiger partial charge in [-0.05, 0) is 62.7 Å². The minimum absolute atomic E-state index is 0.180. The molecule has 1 aliphatic rings. The van der Waals surface area contributed by atoms with Crippen molar-refractivity contribution in [1.29, 1.82) is 0 Å². The smallest absolute Gasteiger partial charge is 0.123 e. The van der Waals surface area contributed by atoms with Crippen molar-refractivity contribution in [2.75, 3.05) is 44.7 Å². The molecule has 0 amide bonds. The standard InChI is InChI=1S/C15H24FN3/c1-18(10-11-19-8-2-3-9-19)15-5-4-14(16)12-13(15)6-7-17/h4-5,12H,2-3,6-11,17H2,1H3. The van der Waals surface area contributed by atoms with Crippen molar-refractivity contribution in [3.63, 3.8) is 0 Å². The quantitative estimate of drug-likeness (QED) is 0.852. The molecule has 1 aliphatic heterocycles. The molecule has 0 bridgehead atoms. The SMILES string of the molecule is CN(CCN1CCCC1)c1ccc(F)cc1CCN. The number of nitrogens with zero attached hydrogens (tertiary/aromatic N) is 2.